The van der Waals surface area contributed by atoms with Crippen LogP contribution in [0.4, 0.5) is 5.69 Å². The largest absolute Gasteiger partial charge is 0.351 e. The van der Waals surface area contributed by atoms with E-state index in [1.54, 1.807) is 35.6 Å². The molecule has 2 atom stereocenters. The Morgan fingerprint density at radius 1 is 1.15 bits per heavy atom. The van der Waals surface area contributed by atoms with Gasteiger partial charge < -0.3 is 15.1 Å². The van der Waals surface area contributed by atoms with Gasteiger partial charge in [0.2, 0.25) is 5.91 Å². The summed E-state index contributed by atoms with van der Waals surface area (Å²) in [5.41, 5.74) is 2.33. The number of hydrogen-bond acceptors (Lipinski definition) is 6. The van der Waals surface area contributed by atoms with E-state index in [1.807, 2.05) is 4.90 Å². The first-order valence-corrected chi connectivity index (χ1v) is 13.6. The van der Waals surface area contributed by atoms with Crippen molar-refractivity contribution in [3.05, 3.63) is 51.7 Å². The number of fused-ring (bicyclic) bond motifs is 1. The fourth-order valence-corrected chi connectivity index (χ4v) is 6.87. The topological polar surface area (TPSA) is 82.1 Å². The van der Waals surface area contributed by atoms with Gasteiger partial charge in [-0.25, -0.2) is 0 Å². The maximum Gasteiger partial charge on any atom is 0.262 e. The molecule has 1 aromatic heterocycles. The maximum absolute atomic E-state index is 13.2. The highest BCUT2D eigenvalue weighted by Crippen LogP contribution is 2.34. The fourth-order valence-electron chi connectivity index (χ4n) is 4.79. The summed E-state index contributed by atoms with van der Waals surface area (Å²) in [6.45, 7) is 4.58. The van der Waals surface area contributed by atoms with Gasteiger partial charge in [0, 0.05) is 42.2 Å². The number of piperidine rings is 1. The van der Waals surface area contributed by atoms with E-state index in [9.17, 15) is 14.4 Å². The molecule has 3 aliphatic heterocycles. The summed E-state index contributed by atoms with van der Waals surface area (Å²) in [5.74, 6) is -0.530. The number of aliphatic imine (C=N–C) groups is 1. The molecule has 0 radical (unpaired) electrons. The second-order valence-electron chi connectivity index (χ2n) is 8.94. The lowest BCUT2D eigenvalue weighted by atomic mass is 10.00. The van der Waals surface area contributed by atoms with Gasteiger partial charge in [0.25, 0.3) is 11.8 Å². The van der Waals surface area contributed by atoms with Crippen molar-refractivity contribution in [2.45, 2.75) is 50.3 Å². The average Bonchev–Trinajstić information content (AvgIpc) is 3.47. The van der Waals surface area contributed by atoms with Crippen LogP contribution in [0.25, 0.3) is 0 Å². The molecule has 3 aliphatic rings. The van der Waals surface area contributed by atoms with Crippen molar-refractivity contribution >= 4 is 51.7 Å². The van der Waals surface area contributed by atoms with E-state index < -0.39 is 5.25 Å². The smallest absolute Gasteiger partial charge is 0.262 e. The lowest BCUT2D eigenvalue weighted by Gasteiger charge is -2.33. The molecule has 2 aromatic rings. The predicted molar refractivity (Wildman–Crippen MR) is 136 cm³/mol. The quantitative estimate of drug-likeness (QED) is 0.682. The molecule has 0 spiro atoms. The number of carbonyl (C=O) groups is 3. The third-order valence-electron chi connectivity index (χ3n) is 6.66. The maximum atomic E-state index is 13.2. The number of hydrogen-bond donors (Lipinski definition) is 1. The van der Waals surface area contributed by atoms with Gasteiger partial charge in [-0.05, 0) is 67.8 Å². The zero-order valence-corrected chi connectivity index (χ0v) is 20.8. The Morgan fingerprint density at radius 2 is 1.97 bits per heavy atom. The first-order valence-electron chi connectivity index (χ1n) is 11.8. The monoisotopic (exact) mass is 496 g/mol. The molecular weight excluding hydrogens is 468 g/mol. The van der Waals surface area contributed by atoms with Crippen LogP contribution in [0.2, 0.25) is 0 Å². The molecular formula is C25H28N4O3S2. The van der Waals surface area contributed by atoms with E-state index >= 15 is 0 Å². The fraction of sp³-hybridized carbons (Fsp3) is 0.440. The number of rotatable bonds is 4. The molecule has 34 heavy (non-hydrogen) atoms. The Balaban J connectivity index is 1.19. The molecule has 1 fully saturated rings. The molecule has 0 aliphatic carbocycles. The zero-order chi connectivity index (χ0) is 23.7. The van der Waals surface area contributed by atoms with Gasteiger partial charge in [0.1, 0.15) is 5.25 Å². The minimum Gasteiger partial charge on any atom is -0.351 e. The molecule has 0 bridgehead atoms. The number of amidine groups is 1. The molecule has 0 saturated carbocycles. The van der Waals surface area contributed by atoms with Gasteiger partial charge >= 0.3 is 0 Å². The normalized spacial score (nSPS) is 22.4. The molecule has 178 valence electrons. The van der Waals surface area contributed by atoms with E-state index in [-0.39, 0.29) is 30.2 Å². The van der Waals surface area contributed by atoms with Gasteiger partial charge in [-0.2, -0.15) is 4.99 Å². The molecule has 3 amide bonds. The Bertz CT molecular complexity index is 1140. The van der Waals surface area contributed by atoms with Crippen molar-refractivity contribution in [3.8, 4) is 0 Å². The average molecular weight is 497 g/mol. The van der Waals surface area contributed by atoms with Crippen LogP contribution >= 0.6 is 23.1 Å². The predicted octanol–water partition coefficient (Wildman–Crippen LogP) is 4.32. The standard InChI is InChI=1S/C25H28N4O3S2/c1-16-19-9-13-33-20(19)8-12-29(16)24(32)17-6-5-7-18(14-17)26-22(30)15-21-23(31)27-25(34-21)28-10-3-2-4-11-28/h5-7,9,13-14,16,21H,2-4,8,10-12,15H2,1H3,(H,26,30). The van der Waals surface area contributed by atoms with Crippen LogP contribution in [0, 0.1) is 0 Å². The van der Waals surface area contributed by atoms with Gasteiger partial charge in [0.15, 0.2) is 5.17 Å². The highest BCUT2D eigenvalue weighted by molar-refractivity contribution is 8.15. The Morgan fingerprint density at radius 3 is 2.79 bits per heavy atom. The lowest BCUT2D eigenvalue weighted by Crippen LogP contribution is -2.38. The molecule has 7 nitrogen and oxygen atoms in total. The van der Waals surface area contributed by atoms with E-state index in [1.165, 1.54) is 28.6 Å². The van der Waals surface area contributed by atoms with Crippen molar-refractivity contribution in [3.63, 3.8) is 0 Å². The molecule has 2 unspecified atom stereocenters. The number of carbonyl (C=O) groups excluding carboxylic acids is 3. The van der Waals surface area contributed by atoms with Crippen molar-refractivity contribution in [2.75, 3.05) is 25.0 Å². The SMILES string of the molecule is CC1c2ccsc2CCN1C(=O)c1cccc(NC(=O)CC2SC(N3CCCCC3)=NC2=O)c1. The van der Waals surface area contributed by atoms with Crippen molar-refractivity contribution < 1.29 is 14.4 Å². The van der Waals surface area contributed by atoms with Crippen LogP contribution in [0.3, 0.4) is 0 Å². The number of amides is 3. The van der Waals surface area contributed by atoms with Crippen molar-refractivity contribution in [2.24, 2.45) is 4.99 Å². The number of nitrogens with one attached hydrogen (secondary N) is 1. The first kappa shape index (κ1) is 23.1. The van der Waals surface area contributed by atoms with Gasteiger partial charge in [0.05, 0.1) is 6.04 Å². The van der Waals surface area contributed by atoms with E-state index in [4.69, 9.17) is 0 Å². The van der Waals surface area contributed by atoms with Gasteiger partial charge in [-0.1, -0.05) is 17.8 Å². The third kappa shape index (κ3) is 4.77. The molecule has 1 N–H and O–H groups in total. The Hall–Kier alpha value is -2.65. The van der Waals surface area contributed by atoms with Crippen LogP contribution in [-0.4, -0.2) is 57.6 Å². The molecule has 1 aromatic carbocycles. The molecule has 4 heterocycles. The molecule has 1 saturated heterocycles. The number of likely N-dealkylation sites (tertiary alicyclic amines) is 1. The second-order valence-corrected chi connectivity index (χ2v) is 11.1. The van der Waals surface area contributed by atoms with Crippen LogP contribution < -0.4 is 5.32 Å². The molecule has 9 heteroatoms. The summed E-state index contributed by atoms with van der Waals surface area (Å²) in [6, 6.07) is 9.17. The highest BCUT2D eigenvalue weighted by atomic mass is 32.2. The van der Waals surface area contributed by atoms with Crippen LogP contribution in [0.5, 0.6) is 0 Å². The summed E-state index contributed by atoms with van der Waals surface area (Å²) in [4.78, 5) is 47.9. The number of thioether (sulfide) groups is 1. The highest BCUT2D eigenvalue weighted by Gasteiger charge is 2.33. The zero-order valence-electron chi connectivity index (χ0n) is 19.2. The van der Waals surface area contributed by atoms with Gasteiger partial charge in [-0.15, -0.1) is 11.3 Å². The second kappa shape index (κ2) is 9.92. The van der Waals surface area contributed by atoms with Crippen molar-refractivity contribution in [1.82, 2.24) is 9.80 Å². The summed E-state index contributed by atoms with van der Waals surface area (Å²) in [6.07, 6.45) is 4.36. The summed E-state index contributed by atoms with van der Waals surface area (Å²) in [5, 5.41) is 5.21. The number of nitrogens with zero attached hydrogens (tertiary/aromatic N) is 3. The lowest BCUT2D eigenvalue weighted by molar-refractivity contribution is -0.121. The minimum absolute atomic E-state index is 0.0280. The van der Waals surface area contributed by atoms with Crippen LogP contribution in [0.1, 0.15) is 59.4 Å². The first-order chi connectivity index (χ1) is 16.5. The minimum atomic E-state index is -0.490. The number of benzene rings is 1. The summed E-state index contributed by atoms with van der Waals surface area (Å²) in [7, 11) is 0. The Kier molecular flexibility index (Phi) is 6.74. The van der Waals surface area contributed by atoms with Crippen LogP contribution in [-0.2, 0) is 16.0 Å². The van der Waals surface area contributed by atoms with E-state index in [2.05, 4.69) is 33.6 Å². The summed E-state index contributed by atoms with van der Waals surface area (Å²) < 4.78 is 0. The molecule has 5 rings (SSSR count). The van der Waals surface area contributed by atoms with Gasteiger partial charge in [-0.3, -0.25) is 14.4 Å². The van der Waals surface area contributed by atoms with Crippen LogP contribution in [0.15, 0.2) is 40.7 Å². The number of anilines is 1. The van der Waals surface area contributed by atoms with E-state index in [0.29, 0.717) is 17.8 Å². The Labute approximate surface area is 207 Å². The van der Waals surface area contributed by atoms with Crippen molar-refractivity contribution in [1.29, 1.82) is 0 Å². The van der Waals surface area contributed by atoms with E-state index in [0.717, 1.165) is 37.5 Å². The summed E-state index contributed by atoms with van der Waals surface area (Å²) >= 11 is 3.14. The number of thiophene rings is 1. The third-order valence-corrected chi connectivity index (χ3v) is 8.87.